The van der Waals surface area contributed by atoms with E-state index in [0.717, 1.165) is 56.4 Å². The third-order valence-electron chi connectivity index (χ3n) is 6.54. The summed E-state index contributed by atoms with van der Waals surface area (Å²) in [7, 11) is 0. The summed E-state index contributed by atoms with van der Waals surface area (Å²) in [6.07, 6.45) is 4.86. The molecule has 1 atom stereocenters. The number of benzene rings is 2. The van der Waals surface area contributed by atoms with Gasteiger partial charge in [0.25, 0.3) is 5.91 Å². The van der Waals surface area contributed by atoms with Crippen molar-refractivity contribution in [2.24, 2.45) is 0 Å². The van der Waals surface area contributed by atoms with Gasteiger partial charge in [-0.05, 0) is 80.5 Å². The molecule has 4 rings (SSSR count). The minimum absolute atomic E-state index is 0.0350. The minimum atomic E-state index is 0.0350. The van der Waals surface area contributed by atoms with Crippen LogP contribution in [0, 0.1) is 11.3 Å². The van der Waals surface area contributed by atoms with Gasteiger partial charge in [0, 0.05) is 36.4 Å². The maximum atomic E-state index is 12.9. The molecule has 168 valence electrons. The Labute approximate surface area is 208 Å². The molecule has 1 aliphatic heterocycles. The molecule has 0 spiro atoms. The summed E-state index contributed by atoms with van der Waals surface area (Å²) in [6, 6.07) is 14.3. The zero-order valence-electron chi connectivity index (χ0n) is 18.2. The molecule has 0 bridgehead atoms. The Bertz CT molecular complexity index is 1030. The highest BCUT2D eigenvalue weighted by Crippen LogP contribution is 2.27. The fraction of sp³-hybridized carbons (Fsp3) is 0.440. The van der Waals surface area contributed by atoms with Gasteiger partial charge in [0.1, 0.15) is 6.07 Å². The molecule has 0 saturated heterocycles. The number of amides is 1. The monoisotopic (exact) mass is 562 g/mol. The molecular weight excluding hydrogens is 535 g/mol. The van der Waals surface area contributed by atoms with Crippen LogP contribution in [-0.2, 0) is 13.0 Å². The smallest absolute Gasteiger partial charge is 0.251 e. The number of hydrogen-bond donors (Lipinski definition) is 2. The highest BCUT2D eigenvalue weighted by molar-refractivity contribution is 14.1. The first-order valence-electron chi connectivity index (χ1n) is 11.2. The molecule has 0 radical (unpaired) electrons. The van der Waals surface area contributed by atoms with Gasteiger partial charge in [-0.25, -0.2) is 0 Å². The van der Waals surface area contributed by atoms with Crippen molar-refractivity contribution in [3.63, 3.8) is 0 Å². The molecule has 0 aromatic heterocycles. The Morgan fingerprint density at radius 2 is 1.91 bits per heavy atom. The highest BCUT2D eigenvalue weighted by atomic mass is 127. The standard InChI is InChI=1S/C25H28ClIN4O/c1-16(27)31-11-10-17-12-18(2-3-20(17)15-31)25(32)30-22-8-6-21(7-9-22)29-23-5-4-19(14-28)24(26)13-23/h2-5,12-13,16,21-22,29H,6-11,15H2,1H3,(H,30,32). The van der Waals surface area contributed by atoms with E-state index in [1.54, 1.807) is 6.07 Å². The van der Waals surface area contributed by atoms with Crippen LogP contribution in [0.2, 0.25) is 5.02 Å². The second kappa shape index (κ2) is 10.4. The second-order valence-corrected chi connectivity index (χ2v) is 11.0. The van der Waals surface area contributed by atoms with Crippen molar-refractivity contribution in [1.82, 2.24) is 10.2 Å². The number of carbonyl (C=O) groups is 1. The first-order valence-corrected chi connectivity index (χ1v) is 12.8. The molecule has 1 fully saturated rings. The molecule has 2 aromatic rings. The van der Waals surface area contributed by atoms with Crippen molar-refractivity contribution in [2.75, 3.05) is 11.9 Å². The van der Waals surface area contributed by atoms with E-state index in [-0.39, 0.29) is 11.9 Å². The predicted octanol–water partition coefficient (Wildman–Crippen LogP) is 5.50. The van der Waals surface area contributed by atoms with Gasteiger partial charge in [-0.2, -0.15) is 5.26 Å². The summed E-state index contributed by atoms with van der Waals surface area (Å²) in [6.45, 7) is 4.23. The van der Waals surface area contributed by atoms with E-state index in [9.17, 15) is 4.79 Å². The van der Waals surface area contributed by atoms with Gasteiger partial charge in [0.2, 0.25) is 0 Å². The molecule has 7 heteroatoms. The van der Waals surface area contributed by atoms with E-state index < -0.39 is 0 Å². The molecule has 2 aromatic carbocycles. The normalized spacial score (nSPS) is 21.8. The molecule has 1 aliphatic carbocycles. The Morgan fingerprint density at radius 3 is 2.59 bits per heavy atom. The molecule has 32 heavy (non-hydrogen) atoms. The van der Waals surface area contributed by atoms with Gasteiger partial charge in [-0.1, -0.05) is 40.3 Å². The number of anilines is 1. The fourth-order valence-corrected chi connectivity index (χ4v) is 5.30. The molecule has 5 nitrogen and oxygen atoms in total. The summed E-state index contributed by atoms with van der Waals surface area (Å²) in [5.74, 6) is 0.0350. The van der Waals surface area contributed by atoms with E-state index in [4.69, 9.17) is 16.9 Å². The van der Waals surface area contributed by atoms with E-state index in [2.05, 4.69) is 63.3 Å². The van der Waals surface area contributed by atoms with Crippen molar-refractivity contribution in [1.29, 1.82) is 5.26 Å². The Morgan fingerprint density at radius 1 is 1.16 bits per heavy atom. The topological polar surface area (TPSA) is 68.2 Å². The number of nitrogens with one attached hydrogen (secondary N) is 2. The van der Waals surface area contributed by atoms with Crippen LogP contribution >= 0.6 is 34.2 Å². The second-order valence-electron chi connectivity index (χ2n) is 8.75. The first-order chi connectivity index (χ1) is 15.4. The van der Waals surface area contributed by atoms with Crippen LogP contribution in [0.4, 0.5) is 5.69 Å². The summed E-state index contributed by atoms with van der Waals surface area (Å²) < 4.78 is 0.516. The lowest BCUT2D eigenvalue weighted by atomic mass is 9.90. The van der Waals surface area contributed by atoms with Crippen LogP contribution in [0.1, 0.15) is 59.7 Å². The Kier molecular flexibility index (Phi) is 7.59. The van der Waals surface area contributed by atoms with Crippen LogP contribution in [0.3, 0.4) is 0 Å². The summed E-state index contributed by atoms with van der Waals surface area (Å²) in [5.41, 5.74) is 4.84. The Hall–Kier alpha value is -1.82. The maximum absolute atomic E-state index is 12.9. The molecule has 1 heterocycles. The van der Waals surface area contributed by atoms with Crippen molar-refractivity contribution >= 4 is 45.8 Å². The molecule has 2 aliphatic rings. The zero-order valence-corrected chi connectivity index (χ0v) is 21.1. The van der Waals surface area contributed by atoms with Gasteiger partial charge in [0.15, 0.2) is 0 Å². The van der Waals surface area contributed by atoms with Gasteiger partial charge in [-0.15, -0.1) is 0 Å². The first kappa shape index (κ1) is 23.3. The molecular formula is C25H28ClIN4O. The lowest BCUT2D eigenvalue weighted by Crippen LogP contribution is -2.40. The number of rotatable bonds is 5. The number of hydrogen-bond acceptors (Lipinski definition) is 4. The average Bonchev–Trinajstić information content (AvgIpc) is 2.79. The zero-order chi connectivity index (χ0) is 22.7. The number of halogens is 2. The van der Waals surface area contributed by atoms with Crippen LogP contribution in [0.15, 0.2) is 36.4 Å². The third-order valence-corrected chi connectivity index (χ3v) is 7.64. The molecule has 2 N–H and O–H groups in total. The summed E-state index contributed by atoms with van der Waals surface area (Å²) >= 11 is 8.60. The van der Waals surface area contributed by atoms with Crippen LogP contribution in [0.5, 0.6) is 0 Å². The maximum Gasteiger partial charge on any atom is 0.251 e. The van der Waals surface area contributed by atoms with Gasteiger partial charge >= 0.3 is 0 Å². The lowest BCUT2D eigenvalue weighted by molar-refractivity contribution is 0.0926. The van der Waals surface area contributed by atoms with Crippen LogP contribution < -0.4 is 10.6 Å². The van der Waals surface area contributed by atoms with Crippen molar-refractivity contribution in [2.45, 2.75) is 61.7 Å². The summed E-state index contributed by atoms with van der Waals surface area (Å²) in [4.78, 5) is 15.3. The quantitative estimate of drug-likeness (QED) is 0.287. The minimum Gasteiger partial charge on any atom is -0.382 e. The van der Waals surface area contributed by atoms with Crippen molar-refractivity contribution in [3.05, 3.63) is 63.7 Å². The van der Waals surface area contributed by atoms with E-state index in [0.29, 0.717) is 20.7 Å². The molecule has 1 unspecified atom stereocenters. The fourth-order valence-electron chi connectivity index (χ4n) is 4.60. The van der Waals surface area contributed by atoms with Gasteiger partial charge in [-0.3, -0.25) is 9.69 Å². The van der Waals surface area contributed by atoms with E-state index >= 15 is 0 Å². The lowest BCUT2D eigenvalue weighted by Gasteiger charge is -2.31. The van der Waals surface area contributed by atoms with Crippen LogP contribution in [-0.4, -0.2) is 33.5 Å². The van der Waals surface area contributed by atoms with Gasteiger partial charge in [0.05, 0.1) is 14.6 Å². The molecule has 1 saturated carbocycles. The number of alkyl halides is 1. The van der Waals surface area contributed by atoms with Gasteiger partial charge < -0.3 is 10.6 Å². The number of nitrogens with zero attached hydrogens (tertiary/aromatic N) is 2. The third kappa shape index (κ3) is 5.56. The largest absolute Gasteiger partial charge is 0.382 e. The number of carbonyl (C=O) groups excluding carboxylic acids is 1. The predicted molar refractivity (Wildman–Crippen MR) is 137 cm³/mol. The average molecular weight is 563 g/mol. The molecule has 1 amide bonds. The number of nitriles is 1. The van der Waals surface area contributed by atoms with Crippen molar-refractivity contribution < 1.29 is 4.79 Å². The van der Waals surface area contributed by atoms with E-state index in [1.165, 1.54) is 11.1 Å². The van der Waals surface area contributed by atoms with E-state index in [1.807, 2.05) is 18.2 Å². The number of fused-ring (bicyclic) bond motifs is 1. The SMILES string of the molecule is CC(I)N1CCc2cc(C(=O)NC3CCC(Nc4ccc(C#N)c(Cl)c4)CC3)ccc2C1. The highest BCUT2D eigenvalue weighted by Gasteiger charge is 2.24. The Balaban J connectivity index is 1.28. The van der Waals surface area contributed by atoms with Crippen molar-refractivity contribution in [3.8, 4) is 6.07 Å². The van der Waals surface area contributed by atoms with Crippen LogP contribution in [0.25, 0.3) is 0 Å². The summed E-state index contributed by atoms with van der Waals surface area (Å²) in [5, 5.41) is 16.2.